The Bertz CT molecular complexity index is 325. The second-order valence-electron chi connectivity index (χ2n) is 4.48. The number of aromatic nitrogens is 2. The van der Waals surface area contributed by atoms with E-state index in [-0.39, 0.29) is 0 Å². The maximum absolute atomic E-state index is 4.36. The summed E-state index contributed by atoms with van der Waals surface area (Å²) in [4.78, 5) is 8.71. The summed E-state index contributed by atoms with van der Waals surface area (Å²) in [5, 5.41) is 6.78. The fraction of sp³-hybridized carbons (Fsp3) is 0.667. The Balaban J connectivity index is 1.80. The van der Waals surface area contributed by atoms with Gasteiger partial charge in [0.2, 0.25) is 5.95 Å². The molecule has 1 aromatic rings. The van der Waals surface area contributed by atoms with E-state index < -0.39 is 0 Å². The molecule has 2 N–H and O–H groups in total. The molecule has 4 heteroatoms. The van der Waals surface area contributed by atoms with Crippen LogP contribution in [0.1, 0.15) is 30.7 Å². The maximum atomic E-state index is 4.36. The van der Waals surface area contributed by atoms with Crippen molar-refractivity contribution in [2.75, 3.05) is 18.4 Å². The molecule has 4 nitrogen and oxygen atoms in total. The molecule has 1 saturated heterocycles. The molecule has 0 saturated carbocycles. The minimum atomic E-state index is 0.679. The van der Waals surface area contributed by atoms with Crippen molar-refractivity contribution in [1.29, 1.82) is 0 Å². The summed E-state index contributed by atoms with van der Waals surface area (Å²) in [5.41, 5.74) is 2.04. The van der Waals surface area contributed by atoms with Crippen LogP contribution in [-0.2, 0) is 0 Å². The molecule has 0 radical (unpaired) electrons. The van der Waals surface area contributed by atoms with Gasteiger partial charge in [-0.05, 0) is 45.7 Å². The first-order chi connectivity index (χ1) is 7.74. The summed E-state index contributed by atoms with van der Waals surface area (Å²) in [7, 11) is 0. The van der Waals surface area contributed by atoms with Gasteiger partial charge in [0.25, 0.3) is 0 Å². The largest absolute Gasteiger partial charge is 0.354 e. The molecule has 0 unspecified atom stereocenters. The summed E-state index contributed by atoms with van der Waals surface area (Å²) in [6, 6.07) is 2.67. The zero-order valence-corrected chi connectivity index (χ0v) is 10.1. The Kier molecular flexibility index (Phi) is 3.72. The Labute approximate surface area is 96.9 Å². The average molecular weight is 220 g/mol. The van der Waals surface area contributed by atoms with Gasteiger partial charge in [-0.25, -0.2) is 9.97 Å². The van der Waals surface area contributed by atoms with E-state index in [9.17, 15) is 0 Å². The summed E-state index contributed by atoms with van der Waals surface area (Å²) < 4.78 is 0. The highest BCUT2D eigenvalue weighted by atomic mass is 15.1. The van der Waals surface area contributed by atoms with E-state index >= 15 is 0 Å². The third-order valence-electron chi connectivity index (χ3n) is 2.92. The Hall–Kier alpha value is -1.16. The van der Waals surface area contributed by atoms with Crippen molar-refractivity contribution >= 4 is 5.95 Å². The van der Waals surface area contributed by atoms with E-state index in [0.29, 0.717) is 6.04 Å². The van der Waals surface area contributed by atoms with Crippen LogP contribution < -0.4 is 10.6 Å². The number of anilines is 1. The zero-order chi connectivity index (χ0) is 11.4. The van der Waals surface area contributed by atoms with Gasteiger partial charge in [-0.2, -0.15) is 0 Å². The first-order valence-electron chi connectivity index (χ1n) is 6.03. The third kappa shape index (κ3) is 3.17. The minimum Gasteiger partial charge on any atom is -0.354 e. The molecule has 0 bridgehead atoms. The molecule has 1 aliphatic heterocycles. The van der Waals surface area contributed by atoms with Gasteiger partial charge in [0, 0.05) is 24.0 Å². The molecule has 1 atom stereocenters. The lowest BCUT2D eigenvalue weighted by molar-refractivity contribution is 0.573. The van der Waals surface area contributed by atoms with Crippen molar-refractivity contribution in [2.24, 2.45) is 0 Å². The first-order valence-corrected chi connectivity index (χ1v) is 6.03. The number of nitrogens with one attached hydrogen (secondary N) is 2. The molecule has 1 fully saturated rings. The van der Waals surface area contributed by atoms with Gasteiger partial charge in [-0.3, -0.25) is 0 Å². The van der Waals surface area contributed by atoms with E-state index in [2.05, 4.69) is 20.6 Å². The summed E-state index contributed by atoms with van der Waals surface area (Å²) in [6.45, 7) is 6.11. The maximum Gasteiger partial charge on any atom is 0.223 e. The zero-order valence-electron chi connectivity index (χ0n) is 10.1. The highest BCUT2D eigenvalue weighted by Gasteiger charge is 2.13. The SMILES string of the molecule is Cc1cc(C)nc(NCC[C@H]2CCCN2)n1. The van der Waals surface area contributed by atoms with Gasteiger partial charge in [-0.15, -0.1) is 0 Å². The van der Waals surface area contributed by atoms with E-state index in [0.717, 1.165) is 30.3 Å². The lowest BCUT2D eigenvalue weighted by Crippen LogP contribution is -2.24. The third-order valence-corrected chi connectivity index (χ3v) is 2.92. The number of hydrogen-bond donors (Lipinski definition) is 2. The predicted octanol–water partition coefficient (Wildman–Crippen LogP) is 1.65. The van der Waals surface area contributed by atoms with Crippen molar-refractivity contribution in [2.45, 2.75) is 39.2 Å². The summed E-state index contributed by atoms with van der Waals surface area (Å²) >= 11 is 0. The normalized spacial score (nSPS) is 20.0. The van der Waals surface area contributed by atoms with E-state index in [4.69, 9.17) is 0 Å². The highest BCUT2D eigenvalue weighted by molar-refractivity contribution is 5.27. The van der Waals surface area contributed by atoms with Crippen LogP contribution in [0.4, 0.5) is 5.95 Å². The average Bonchev–Trinajstić information content (AvgIpc) is 2.69. The van der Waals surface area contributed by atoms with Gasteiger partial charge in [0.1, 0.15) is 0 Å². The van der Waals surface area contributed by atoms with Gasteiger partial charge in [0.15, 0.2) is 0 Å². The number of nitrogens with zero attached hydrogens (tertiary/aromatic N) is 2. The van der Waals surface area contributed by atoms with Crippen LogP contribution in [0, 0.1) is 13.8 Å². The van der Waals surface area contributed by atoms with Crippen LogP contribution in [0.3, 0.4) is 0 Å². The first kappa shape index (κ1) is 11.3. The van der Waals surface area contributed by atoms with E-state index in [1.54, 1.807) is 0 Å². The van der Waals surface area contributed by atoms with Crippen molar-refractivity contribution in [3.05, 3.63) is 17.5 Å². The molecular formula is C12H20N4. The van der Waals surface area contributed by atoms with Gasteiger partial charge >= 0.3 is 0 Å². The molecule has 1 aliphatic rings. The quantitative estimate of drug-likeness (QED) is 0.810. The van der Waals surface area contributed by atoms with Crippen molar-refractivity contribution < 1.29 is 0 Å². The fourth-order valence-electron chi connectivity index (χ4n) is 2.17. The molecule has 0 aliphatic carbocycles. The molecule has 16 heavy (non-hydrogen) atoms. The molecule has 2 heterocycles. The van der Waals surface area contributed by atoms with E-state index in [1.807, 2.05) is 19.9 Å². The van der Waals surface area contributed by atoms with Crippen LogP contribution in [0.15, 0.2) is 6.07 Å². The lowest BCUT2D eigenvalue weighted by atomic mass is 10.1. The monoisotopic (exact) mass is 220 g/mol. The topological polar surface area (TPSA) is 49.8 Å². The smallest absolute Gasteiger partial charge is 0.223 e. The summed E-state index contributed by atoms with van der Waals surface area (Å²) in [6.07, 6.45) is 3.76. The standard InChI is InChI=1S/C12H20N4/c1-9-8-10(2)16-12(15-9)14-7-5-11-4-3-6-13-11/h8,11,13H,3-7H2,1-2H3,(H,14,15,16)/t11-/m1/s1. The van der Waals surface area contributed by atoms with Gasteiger partial charge in [0.05, 0.1) is 0 Å². The number of hydrogen-bond acceptors (Lipinski definition) is 4. The van der Waals surface area contributed by atoms with Gasteiger partial charge < -0.3 is 10.6 Å². The van der Waals surface area contributed by atoms with Crippen molar-refractivity contribution in [3.8, 4) is 0 Å². The van der Waals surface area contributed by atoms with Crippen LogP contribution in [0.2, 0.25) is 0 Å². The second-order valence-corrected chi connectivity index (χ2v) is 4.48. The Morgan fingerprint density at radius 3 is 2.75 bits per heavy atom. The Morgan fingerprint density at radius 2 is 2.12 bits per heavy atom. The van der Waals surface area contributed by atoms with Crippen molar-refractivity contribution in [3.63, 3.8) is 0 Å². The Morgan fingerprint density at radius 1 is 1.38 bits per heavy atom. The van der Waals surface area contributed by atoms with Crippen LogP contribution >= 0.6 is 0 Å². The summed E-state index contributed by atoms with van der Waals surface area (Å²) in [5.74, 6) is 0.760. The van der Waals surface area contributed by atoms with Crippen LogP contribution in [-0.4, -0.2) is 29.1 Å². The molecule has 0 aromatic carbocycles. The predicted molar refractivity (Wildman–Crippen MR) is 65.6 cm³/mol. The van der Waals surface area contributed by atoms with Crippen LogP contribution in [0.5, 0.6) is 0 Å². The second kappa shape index (κ2) is 5.25. The molecule has 0 spiro atoms. The lowest BCUT2D eigenvalue weighted by Gasteiger charge is -2.11. The van der Waals surface area contributed by atoms with Crippen molar-refractivity contribution in [1.82, 2.24) is 15.3 Å². The molecular weight excluding hydrogens is 200 g/mol. The molecule has 88 valence electrons. The van der Waals surface area contributed by atoms with E-state index in [1.165, 1.54) is 19.4 Å². The fourth-order valence-corrected chi connectivity index (χ4v) is 2.17. The molecule has 0 amide bonds. The number of aryl methyl sites for hydroxylation is 2. The minimum absolute atomic E-state index is 0.679. The molecule has 1 aromatic heterocycles. The van der Waals surface area contributed by atoms with Crippen LogP contribution in [0.25, 0.3) is 0 Å². The van der Waals surface area contributed by atoms with Gasteiger partial charge in [-0.1, -0.05) is 0 Å². The molecule has 2 rings (SSSR count). The number of rotatable bonds is 4. The highest BCUT2D eigenvalue weighted by Crippen LogP contribution is 2.09.